The van der Waals surface area contributed by atoms with E-state index in [1.165, 1.54) is 24.3 Å². The number of rotatable bonds is 4. The highest BCUT2D eigenvalue weighted by Crippen LogP contribution is 2.29. The van der Waals surface area contributed by atoms with E-state index in [2.05, 4.69) is 20.7 Å². The molecule has 0 aliphatic rings. The van der Waals surface area contributed by atoms with Crippen LogP contribution in [0.2, 0.25) is 0 Å². The van der Waals surface area contributed by atoms with Crippen LogP contribution in [0.25, 0.3) is 0 Å². The fourth-order valence-electron chi connectivity index (χ4n) is 1.79. The first-order valence-electron chi connectivity index (χ1n) is 5.83. The largest absolute Gasteiger partial charge is 0.283 e. The van der Waals surface area contributed by atoms with Gasteiger partial charge in [-0.1, -0.05) is 18.2 Å². The molecule has 0 radical (unpaired) electrons. The summed E-state index contributed by atoms with van der Waals surface area (Å²) in [7, 11) is -3.73. The molecule has 0 amide bonds. The third kappa shape index (κ3) is 3.40. The number of anilines is 1. The Morgan fingerprint density at radius 1 is 1.19 bits per heavy atom. The predicted molar refractivity (Wildman–Crippen MR) is 82.8 cm³/mol. The number of nitrogens with zero attached hydrogens (tertiary/aromatic N) is 1. The van der Waals surface area contributed by atoms with Crippen LogP contribution in [0.4, 0.5) is 11.4 Å². The van der Waals surface area contributed by atoms with Crippen LogP contribution in [0.3, 0.4) is 0 Å². The molecule has 2 rings (SSSR count). The monoisotopic (exact) mass is 370 g/mol. The fourth-order valence-corrected chi connectivity index (χ4v) is 3.61. The van der Waals surface area contributed by atoms with Crippen LogP contribution in [0.15, 0.2) is 51.8 Å². The zero-order chi connectivity index (χ0) is 15.6. The molecule has 0 saturated heterocycles. The van der Waals surface area contributed by atoms with Crippen LogP contribution in [0, 0.1) is 17.0 Å². The van der Waals surface area contributed by atoms with Crippen LogP contribution >= 0.6 is 15.9 Å². The van der Waals surface area contributed by atoms with Crippen molar-refractivity contribution in [2.45, 2.75) is 11.8 Å². The Morgan fingerprint density at radius 2 is 1.86 bits per heavy atom. The van der Waals surface area contributed by atoms with E-state index in [1.807, 2.05) is 0 Å². The molecule has 2 aromatic rings. The quantitative estimate of drug-likeness (QED) is 0.658. The van der Waals surface area contributed by atoms with Crippen LogP contribution in [0.5, 0.6) is 0 Å². The van der Waals surface area contributed by atoms with Gasteiger partial charge >= 0.3 is 0 Å². The maximum absolute atomic E-state index is 12.3. The molecule has 110 valence electrons. The molecule has 0 spiro atoms. The first-order valence-corrected chi connectivity index (χ1v) is 8.11. The van der Waals surface area contributed by atoms with Crippen molar-refractivity contribution in [3.63, 3.8) is 0 Å². The number of sulfonamides is 1. The molecule has 0 aromatic heterocycles. The standard InChI is InChI=1S/C13H11BrN2O4S/c1-9-4-2-3-5-13(9)21(19,20)15-10-6-7-12(16(17)18)11(14)8-10/h2-8,15H,1H3. The Bertz CT molecular complexity index is 806. The highest BCUT2D eigenvalue weighted by molar-refractivity contribution is 9.10. The molecular weight excluding hydrogens is 360 g/mol. The second kappa shape index (κ2) is 5.82. The lowest BCUT2D eigenvalue weighted by Crippen LogP contribution is -2.14. The molecule has 0 fully saturated rings. The molecule has 0 saturated carbocycles. The van der Waals surface area contributed by atoms with E-state index in [1.54, 1.807) is 25.1 Å². The number of nitro benzene ring substituents is 1. The second-order valence-electron chi connectivity index (χ2n) is 4.29. The first-order chi connectivity index (χ1) is 9.81. The summed E-state index contributed by atoms with van der Waals surface area (Å²) in [5.74, 6) is 0. The Morgan fingerprint density at radius 3 is 2.43 bits per heavy atom. The van der Waals surface area contributed by atoms with E-state index in [-0.39, 0.29) is 20.7 Å². The van der Waals surface area contributed by atoms with Crippen molar-refractivity contribution in [3.8, 4) is 0 Å². The molecular formula is C13H11BrN2O4S. The number of aryl methyl sites for hydroxylation is 1. The number of benzene rings is 2. The lowest BCUT2D eigenvalue weighted by atomic mass is 10.2. The van der Waals surface area contributed by atoms with Gasteiger partial charge in [0, 0.05) is 6.07 Å². The molecule has 0 aliphatic carbocycles. The molecule has 0 heterocycles. The number of nitrogens with one attached hydrogen (secondary N) is 1. The molecule has 21 heavy (non-hydrogen) atoms. The zero-order valence-electron chi connectivity index (χ0n) is 10.9. The molecule has 1 N–H and O–H groups in total. The molecule has 0 aliphatic heterocycles. The normalized spacial score (nSPS) is 11.1. The Labute approximate surface area is 130 Å². The van der Waals surface area contributed by atoms with Gasteiger partial charge in [-0.05, 0) is 46.6 Å². The van der Waals surface area contributed by atoms with Crippen LogP contribution < -0.4 is 4.72 Å². The van der Waals surface area contributed by atoms with Crippen LogP contribution in [-0.4, -0.2) is 13.3 Å². The van der Waals surface area contributed by atoms with Crippen molar-refractivity contribution >= 4 is 37.3 Å². The third-order valence-corrected chi connectivity index (χ3v) is 4.96. The van der Waals surface area contributed by atoms with Crippen LogP contribution in [0.1, 0.15) is 5.56 Å². The van der Waals surface area contributed by atoms with Crippen molar-refractivity contribution < 1.29 is 13.3 Å². The first kappa shape index (κ1) is 15.5. The van der Waals surface area contributed by atoms with Gasteiger partial charge in [0.2, 0.25) is 0 Å². The van der Waals surface area contributed by atoms with Gasteiger partial charge in [-0.3, -0.25) is 14.8 Å². The summed E-state index contributed by atoms with van der Waals surface area (Å²) in [6.45, 7) is 1.69. The molecule has 8 heteroatoms. The average Bonchev–Trinajstić information content (AvgIpc) is 2.38. The maximum Gasteiger partial charge on any atom is 0.283 e. The van der Waals surface area contributed by atoms with Crippen molar-refractivity contribution in [1.29, 1.82) is 0 Å². The Kier molecular flexibility index (Phi) is 4.29. The summed E-state index contributed by atoms with van der Waals surface area (Å²) < 4.78 is 27.2. The van der Waals surface area contributed by atoms with Gasteiger partial charge in [0.15, 0.2) is 0 Å². The summed E-state index contributed by atoms with van der Waals surface area (Å²) in [5.41, 5.74) is 0.732. The van der Waals surface area contributed by atoms with E-state index in [0.717, 1.165) is 0 Å². The summed E-state index contributed by atoms with van der Waals surface area (Å²) in [4.78, 5) is 10.3. The third-order valence-electron chi connectivity index (χ3n) is 2.78. The summed E-state index contributed by atoms with van der Waals surface area (Å²) in [5, 5.41) is 10.7. The van der Waals surface area contributed by atoms with E-state index in [9.17, 15) is 18.5 Å². The van der Waals surface area contributed by atoms with E-state index < -0.39 is 14.9 Å². The van der Waals surface area contributed by atoms with Gasteiger partial charge in [-0.15, -0.1) is 0 Å². The molecule has 0 bridgehead atoms. The lowest BCUT2D eigenvalue weighted by Gasteiger charge is -2.10. The Balaban J connectivity index is 2.36. The van der Waals surface area contributed by atoms with E-state index in [0.29, 0.717) is 5.56 Å². The predicted octanol–water partition coefficient (Wildman–Crippen LogP) is 3.47. The van der Waals surface area contributed by atoms with E-state index >= 15 is 0 Å². The minimum Gasteiger partial charge on any atom is -0.280 e. The highest BCUT2D eigenvalue weighted by atomic mass is 79.9. The van der Waals surface area contributed by atoms with Gasteiger partial charge in [0.1, 0.15) is 0 Å². The van der Waals surface area contributed by atoms with Gasteiger partial charge < -0.3 is 0 Å². The second-order valence-corrected chi connectivity index (χ2v) is 6.80. The van der Waals surface area contributed by atoms with E-state index in [4.69, 9.17) is 0 Å². The summed E-state index contributed by atoms with van der Waals surface area (Å²) >= 11 is 3.05. The topological polar surface area (TPSA) is 89.3 Å². The number of hydrogen-bond acceptors (Lipinski definition) is 4. The summed E-state index contributed by atoms with van der Waals surface area (Å²) in [6.07, 6.45) is 0. The highest BCUT2D eigenvalue weighted by Gasteiger charge is 2.18. The number of nitro groups is 1. The zero-order valence-corrected chi connectivity index (χ0v) is 13.3. The van der Waals surface area contributed by atoms with Crippen molar-refractivity contribution in [3.05, 3.63) is 62.6 Å². The lowest BCUT2D eigenvalue weighted by molar-refractivity contribution is -0.385. The van der Waals surface area contributed by atoms with Gasteiger partial charge in [0.05, 0.1) is 20.0 Å². The number of hydrogen-bond donors (Lipinski definition) is 1. The maximum atomic E-state index is 12.3. The average molecular weight is 371 g/mol. The van der Waals surface area contributed by atoms with Crippen molar-refractivity contribution in [2.24, 2.45) is 0 Å². The van der Waals surface area contributed by atoms with Crippen molar-refractivity contribution in [2.75, 3.05) is 4.72 Å². The molecule has 0 atom stereocenters. The van der Waals surface area contributed by atoms with Crippen molar-refractivity contribution in [1.82, 2.24) is 0 Å². The van der Waals surface area contributed by atoms with Gasteiger partial charge in [-0.2, -0.15) is 0 Å². The van der Waals surface area contributed by atoms with Crippen LogP contribution in [-0.2, 0) is 10.0 Å². The minimum absolute atomic E-state index is 0.131. The number of halogens is 1. The SMILES string of the molecule is Cc1ccccc1S(=O)(=O)Nc1ccc([N+](=O)[O-])c(Br)c1. The minimum atomic E-state index is -3.73. The Hall–Kier alpha value is -1.93. The molecule has 2 aromatic carbocycles. The molecule has 0 unspecified atom stereocenters. The molecule has 6 nitrogen and oxygen atoms in total. The van der Waals surface area contributed by atoms with Gasteiger partial charge in [-0.25, -0.2) is 8.42 Å². The fraction of sp³-hybridized carbons (Fsp3) is 0.0769. The van der Waals surface area contributed by atoms with Gasteiger partial charge in [0.25, 0.3) is 15.7 Å². The summed E-state index contributed by atoms with van der Waals surface area (Å²) in [6, 6.07) is 10.5. The smallest absolute Gasteiger partial charge is 0.280 e.